The Morgan fingerprint density at radius 1 is 1.15 bits per heavy atom. The number of nitrogens with zero attached hydrogens (tertiary/aromatic N) is 1. The molecule has 1 amide bonds. The quantitative estimate of drug-likeness (QED) is 0.886. The maximum atomic E-state index is 11.6. The number of rotatable bonds is 4. The molecule has 0 aliphatic rings. The number of carboxylic acid groups (broad SMARTS) is 1. The Balaban J connectivity index is 3.19. The molecule has 20 heavy (non-hydrogen) atoms. The highest BCUT2D eigenvalue weighted by atomic mass is 16.4. The van der Waals surface area contributed by atoms with Crippen molar-refractivity contribution < 1.29 is 15.0 Å². The fourth-order valence-electron chi connectivity index (χ4n) is 2.51. The SMILES string of the molecule is CC(C)[C@@H]([C@H](O)c1ccccc1)N(C(=O)O)C(C)(C)C. The Morgan fingerprint density at radius 2 is 1.65 bits per heavy atom. The third kappa shape index (κ3) is 3.73. The van der Waals surface area contributed by atoms with Gasteiger partial charge in [-0.2, -0.15) is 0 Å². The molecule has 0 saturated heterocycles. The molecule has 2 atom stereocenters. The lowest BCUT2D eigenvalue weighted by atomic mass is 9.89. The first-order chi connectivity index (χ1) is 9.16. The number of hydrogen-bond acceptors (Lipinski definition) is 2. The summed E-state index contributed by atoms with van der Waals surface area (Å²) in [5.41, 5.74) is 0.165. The first-order valence-electron chi connectivity index (χ1n) is 6.91. The van der Waals surface area contributed by atoms with Crippen LogP contribution in [-0.2, 0) is 0 Å². The molecule has 112 valence electrons. The van der Waals surface area contributed by atoms with Gasteiger partial charge in [0.25, 0.3) is 0 Å². The van der Waals surface area contributed by atoms with Crippen molar-refractivity contribution >= 4 is 6.09 Å². The largest absolute Gasteiger partial charge is 0.465 e. The van der Waals surface area contributed by atoms with Gasteiger partial charge in [0.2, 0.25) is 0 Å². The molecule has 0 fully saturated rings. The first-order valence-corrected chi connectivity index (χ1v) is 6.91. The number of benzene rings is 1. The van der Waals surface area contributed by atoms with Gasteiger partial charge < -0.3 is 10.2 Å². The summed E-state index contributed by atoms with van der Waals surface area (Å²) in [6.45, 7) is 9.38. The van der Waals surface area contributed by atoms with Crippen LogP contribution in [0.1, 0.15) is 46.3 Å². The van der Waals surface area contributed by atoms with Crippen LogP contribution in [0.15, 0.2) is 30.3 Å². The molecule has 1 aromatic rings. The predicted octanol–water partition coefficient (Wildman–Crippen LogP) is 3.52. The Hall–Kier alpha value is -1.55. The molecule has 0 heterocycles. The van der Waals surface area contributed by atoms with Crippen LogP contribution in [0, 0.1) is 5.92 Å². The van der Waals surface area contributed by atoms with E-state index < -0.39 is 23.8 Å². The van der Waals surface area contributed by atoms with Gasteiger partial charge in [0.15, 0.2) is 0 Å². The van der Waals surface area contributed by atoms with Crippen LogP contribution in [0.3, 0.4) is 0 Å². The van der Waals surface area contributed by atoms with Crippen molar-refractivity contribution in [1.82, 2.24) is 4.90 Å². The maximum Gasteiger partial charge on any atom is 0.408 e. The fraction of sp³-hybridized carbons (Fsp3) is 0.562. The molecule has 4 nitrogen and oxygen atoms in total. The summed E-state index contributed by atoms with van der Waals surface area (Å²) in [5.74, 6) is 0.000492. The Morgan fingerprint density at radius 3 is 2.00 bits per heavy atom. The van der Waals surface area contributed by atoms with Crippen molar-refractivity contribution in [2.45, 2.75) is 52.3 Å². The third-order valence-corrected chi connectivity index (χ3v) is 3.37. The second kappa shape index (κ2) is 6.27. The second-order valence-electron chi connectivity index (χ2n) is 6.41. The lowest BCUT2D eigenvalue weighted by molar-refractivity contribution is -0.0131. The Kier molecular flexibility index (Phi) is 5.17. The Labute approximate surface area is 121 Å². The van der Waals surface area contributed by atoms with E-state index in [1.807, 2.05) is 65.0 Å². The number of aliphatic hydroxyl groups excluding tert-OH is 1. The summed E-state index contributed by atoms with van der Waals surface area (Å²) in [4.78, 5) is 13.0. The topological polar surface area (TPSA) is 60.8 Å². The number of aliphatic hydroxyl groups is 1. The number of amides is 1. The molecule has 0 unspecified atom stereocenters. The molecule has 0 spiro atoms. The molecule has 1 aromatic carbocycles. The van der Waals surface area contributed by atoms with Gasteiger partial charge in [0.05, 0.1) is 12.1 Å². The van der Waals surface area contributed by atoms with Crippen LogP contribution < -0.4 is 0 Å². The molecule has 0 bridgehead atoms. The van der Waals surface area contributed by atoms with E-state index in [2.05, 4.69) is 0 Å². The van der Waals surface area contributed by atoms with Crippen LogP contribution in [0.4, 0.5) is 4.79 Å². The van der Waals surface area contributed by atoms with Gasteiger partial charge in [-0.05, 0) is 32.3 Å². The van der Waals surface area contributed by atoms with Crippen LogP contribution in [-0.4, -0.2) is 32.8 Å². The second-order valence-corrected chi connectivity index (χ2v) is 6.41. The first kappa shape index (κ1) is 16.5. The molecule has 0 aromatic heterocycles. The van der Waals surface area contributed by atoms with E-state index in [1.54, 1.807) is 0 Å². The zero-order valence-corrected chi connectivity index (χ0v) is 12.9. The van der Waals surface area contributed by atoms with Gasteiger partial charge >= 0.3 is 6.09 Å². The van der Waals surface area contributed by atoms with Crippen LogP contribution in [0.5, 0.6) is 0 Å². The van der Waals surface area contributed by atoms with Crippen molar-refractivity contribution in [2.24, 2.45) is 5.92 Å². The van der Waals surface area contributed by atoms with Gasteiger partial charge in [-0.25, -0.2) is 4.79 Å². The van der Waals surface area contributed by atoms with Gasteiger partial charge in [0.1, 0.15) is 0 Å². The zero-order valence-electron chi connectivity index (χ0n) is 12.9. The predicted molar refractivity (Wildman–Crippen MR) is 79.6 cm³/mol. The molecule has 0 aliphatic carbocycles. The molecular formula is C16H25NO3. The van der Waals surface area contributed by atoms with Gasteiger partial charge in [-0.15, -0.1) is 0 Å². The number of hydrogen-bond donors (Lipinski definition) is 2. The lowest BCUT2D eigenvalue weighted by Crippen LogP contribution is -2.55. The van der Waals surface area contributed by atoms with E-state index in [1.165, 1.54) is 4.90 Å². The minimum Gasteiger partial charge on any atom is -0.465 e. The summed E-state index contributed by atoms with van der Waals surface area (Å²) < 4.78 is 0. The van der Waals surface area contributed by atoms with E-state index in [-0.39, 0.29) is 5.92 Å². The molecule has 0 radical (unpaired) electrons. The molecule has 4 heteroatoms. The van der Waals surface area contributed by atoms with Crippen molar-refractivity contribution in [3.8, 4) is 0 Å². The summed E-state index contributed by atoms with van der Waals surface area (Å²) in [5, 5.41) is 20.2. The average molecular weight is 279 g/mol. The third-order valence-electron chi connectivity index (χ3n) is 3.37. The van der Waals surface area contributed by atoms with Crippen LogP contribution >= 0.6 is 0 Å². The molecule has 0 aliphatic heterocycles. The highest BCUT2D eigenvalue weighted by Gasteiger charge is 2.39. The minimum atomic E-state index is -1.01. The van der Waals surface area contributed by atoms with Crippen LogP contribution in [0.25, 0.3) is 0 Å². The normalized spacial score (nSPS) is 14.9. The summed E-state index contributed by atoms with van der Waals surface area (Å²) in [7, 11) is 0. The maximum absolute atomic E-state index is 11.6. The van der Waals surface area contributed by atoms with E-state index >= 15 is 0 Å². The van der Waals surface area contributed by atoms with Gasteiger partial charge in [0, 0.05) is 5.54 Å². The monoisotopic (exact) mass is 279 g/mol. The van der Waals surface area contributed by atoms with E-state index in [0.29, 0.717) is 0 Å². The molecular weight excluding hydrogens is 254 g/mol. The van der Waals surface area contributed by atoms with Gasteiger partial charge in [-0.3, -0.25) is 4.90 Å². The van der Waals surface area contributed by atoms with E-state index in [4.69, 9.17) is 0 Å². The van der Waals surface area contributed by atoms with E-state index in [0.717, 1.165) is 5.56 Å². The zero-order chi connectivity index (χ0) is 15.5. The molecule has 2 N–H and O–H groups in total. The average Bonchev–Trinajstić information content (AvgIpc) is 2.33. The fourth-order valence-corrected chi connectivity index (χ4v) is 2.51. The highest BCUT2D eigenvalue weighted by Crippen LogP contribution is 2.31. The molecule has 0 saturated carbocycles. The van der Waals surface area contributed by atoms with Crippen molar-refractivity contribution in [3.05, 3.63) is 35.9 Å². The smallest absolute Gasteiger partial charge is 0.408 e. The van der Waals surface area contributed by atoms with Crippen LogP contribution in [0.2, 0.25) is 0 Å². The van der Waals surface area contributed by atoms with Crippen molar-refractivity contribution in [2.75, 3.05) is 0 Å². The minimum absolute atomic E-state index is 0.000492. The summed E-state index contributed by atoms with van der Waals surface area (Å²) in [6, 6.07) is 8.72. The van der Waals surface area contributed by atoms with E-state index in [9.17, 15) is 15.0 Å². The van der Waals surface area contributed by atoms with Crippen molar-refractivity contribution in [1.29, 1.82) is 0 Å². The lowest BCUT2D eigenvalue weighted by Gasteiger charge is -2.43. The standard InChI is InChI=1S/C16H25NO3/c1-11(2)13(17(15(19)20)16(3,4)5)14(18)12-9-7-6-8-10-12/h6-11,13-14,18H,1-5H3,(H,19,20)/t13-,14+/m0/s1. The number of carbonyl (C=O) groups is 1. The summed E-state index contributed by atoms with van der Waals surface area (Å²) >= 11 is 0. The van der Waals surface area contributed by atoms with Crippen molar-refractivity contribution in [3.63, 3.8) is 0 Å². The Bertz CT molecular complexity index is 437. The highest BCUT2D eigenvalue weighted by molar-refractivity contribution is 5.66. The summed E-state index contributed by atoms with van der Waals surface area (Å²) in [6.07, 6.45) is -1.85. The van der Waals surface area contributed by atoms with Gasteiger partial charge in [-0.1, -0.05) is 44.2 Å². The molecule has 1 rings (SSSR count).